The summed E-state index contributed by atoms with van der Waals surface area (Å²) in [6.07, 6.45) is 0. The molecule has 3 aromatic rings. The molecule has 0 spiro atoms. The molecule has 1 aliphatic rings. The molecule has 12 heteroatoms. The second kappa shape index (κ2) is 8.06. The van der Waals surface area contributed by atoms with Gasteiger partial charge in [-0.25, -0.2) is 12.8 Å². The molecule has 2 N–H and O–H groups in total. The number of non-ortho nitro benzene ring substituents is 1. The Labute approximate surface area is 175 Å². The van der Waals surface area contributed by atoms with Crippen LogP contribution in [0, 0.1) is 15.9 Å². The van der Waals surface area contributed by atoms with Crippen LogP contribution in [-0.4, -0.2) is 54.8 Å². The number of nitrogens with one attached hydrogen (secondary N) is 2. The lowest BCUT2D eigenvalue weighted by atomic mass is 10.2. The van der Waals surface area contributed by atoms with Gasteiger partial charge in [0.25, 0.3) is 11.6 Å². The number of fused-ring (bicyclic) bond motifs is 1. The highest BCUT2D eigenvalue weighted by molar-refractivity contribution is 7.89. The number of aromatic nitrogens is 1. The van der Waals surface area contributed by atoms with Gasteiger partial charge in [0, 0.05) is 30.2 Å². The van der Waals surface area contributed by atoms with Crippen molar-refractivity contribution in [3.8, 4) is 0 Å². The van der Waals surface area contributed by atoms with Crippen LogP contribution in [0.1, 0.15) is 10.5 Å². The van der Waals surface area contributed by atoms with E-state index in [1.165, 1.54) is 24.3 Å². The zero-order valence-electron chi connectivity index (χ0n) is 16.0. The van der Waals surface area contributed by atoms with Gasteiger partial charge in [0.05, 0.1) is 18.1 Å². The first kappa shape index (κ1) is 20.9. The largest absolute Gasteiger partial charge is 0.379 e. The van der Waals surface area contributed by atoms with Gasteiger partial charge in [0.15, 0.2) is 0 Å². The average molecular weight is 448 g/mol. The molecule has 1 aromatic heterocycles. The number of nitro benzene ring substituents is 1. The summed E-state index contributed by atoms with van der Waals surface area (Å²) >= 11 is 0. The summed E-state index contributed by atoms with van der Waals surface area (Å²) in [5.41, 5.74) is 0.0992. The molecule has 2 heterocycles. The van der Waals surface area contributed by atoms with Crippen molar-refractivity contribution in [2.24, 2.45) is 0 Å². The lowest BCUT2D eigenvalue weighted by Crippen LogP contribution is -2.40. The summed E-state index contributed by atoms with van der Waals surface area (Å²) in [5.74, 6) is -1.60. The number of ether oxygens (including phenoxy) is 1. The predicted molar refractivity (Wildman–Crippen MR) is 109 cm³/mol. The SMILES string of the molecule is O=C(Nc1ccc(F)c(S(=O)(=O)N2CCOCC2)c1)c1cc2cccc([N+](=O)[O-])c2[nH]1. The number of para-hydroxylation sites is 1. The van der Waals surface area contributed by atoms with Crippen LogP contribution in [0.4, 0.5) is 15.8 Å². The molecule has 162 valence electrons. The number of sulfonamides is 1. The molecule has 0 atom stereocenters. The Morgan fingerprint density at radius 2 is 1.94 bits per heavy atom. The number of aromatic amines is 1. The van der Waals surface area contributed by atoms with Crippen LogP contribution in [0.15, 0.2) is 47.4 Å². The van der Waals surface area contributed by atoms with Crippen LogP contribution in [0.3, 0.4) is 0 Å². The van der Waals surface area contributed by atoms with E-state index in [0.29, 0.717) is 5.39 Å². The second-order valence-corrected chi connectivity index (χ2v) is 8.70. The molecule has 0 unspecified atom stereocenters. The highest BCUT2D eigenvalue weighted by Gasteiger charge is 2.29. The lowest BCUT2D eigenvalue weighted by molar-refractivity contribution is -0.383. The summed E-state index contributed by atoms with van der Waals surface area (Å²) in [4.78, 5) is 25.4. The zero-order chi connectivity index (χ0) is 22.2. The summed E-state index contributed by atoms with van der Waals surface area (Å²) in [7, 11) is -4.11. The van der Waals surface area contributed by atoms with Crippen molar-refractivity contribution in [1.82, 2.24) is 9.29 Å². The Bertz CT molecular complexity index is 1280. The number of morpholine rings is 1. The molecule has 4 rings (SSSR count). The Hall–Kier alpha value is -3.35. The Balaban J connectivity index is 1.62. The van der Waals surface area contributed by atoms with Gasteiger partial charge in [-0.2, -0.15) is 4.31 Å². The van der Waals surface area contributed by atoms with Crippen molar-refractivity contribution in [3.63, 3.8) is 0 Å². The summed E-state index contributed by atoms with van der Waals surface area (Å²) < 4.78 is 46.1. The van der Waals surface area contributed by atoms with Gasteiger partial charge < -0.3 is 15.0 Å². The van der Waals surface area contributed by atoms with E-state index in [4.69, 9.17) is 4.74 Å². The predicted octanol–water partition coefficient (Wildman–Crippen LogP) is 2.49. The van der Waals surface area contributed by atoms with Gasteiger partial charge >= 0.3 is 0 Å². The first-order chi connectivity index (χ1) is 14.8. The van der Waals surface area contributed by atoms with E-state index >= 15 is 0 Å². The van der Waals surface area contributed by atoms with Gasteiger partial charge in [-0.1, -0.05) is 12.1 Å². The van der Waals surface area contributed by atoms with E-state index in [9.17, 15) is 27.7 Å². The second-order valence-electron chi connectivity index (χ2n) is 6.80. The Kier molecular flexibility index (Phi) is 5.43. The van der Waals surface area contributed by atoms with Crippen molar-refractivity contribution in [2.45, 2.75) is 4.90 Å². The summed E-state index contributed by atoms with van der Waals surface area (Å²) in [6.45, 7) is 0.631. The highest BCUT2D eigenvalue weighted by atomic mass is 32.2. The number of H-pyrrole nitrogens is 1. The van der Waals surface area contributed by atoms with E-state index in [2.05, 4.69) is 10.3 Å². The minimum Gasteiger partial charge on any atom is -0.379 e. The molecule has 1 amide bonds. The third-order valence-electron chi connectivity index (χ3n) is 4.85. The van der Waals surface area contributed by atoms with Gasteiger partial charge in [-0.15, -0.1) is 0 Å². The van der Waals surface area contributed by atoms with Crippen molar-refractivity contribution in [2.75, 3.05) is 31.6 Å². The quantitative estimate of drug-likeness (QED) is 0.455. The molecule has 1 aliphatic heterocycles. The Morgan fingerprint density at radius 1 is 1.19 bits per heavy atom. The van der Waals surface area contributed by atoms with Crippen molar-refractivity contribution in [3.05, 3.63) is 64.1 Å². The molecule has 10 nitrogen and oxygen atoms in total. The number of halogens is 1. The minimum atomic E-state index is -4.11. The van der Waals surface area contributed by atoms with Crippen molar-refractivity contribution >= 4 is 38.2 Å². The van der Waals surface area contributed by atoms with Crippen LogP contribution in [0.25, 0.3) is 10.9 Å². The van der Waals surface area contributed by atoms with Gasteiger partial charge in [-0.3, -0.25) is 14.9 Å². The molecule has 31 heavy (non-hydrogen) atoms. The maximum absolute atomic E-state index is 14.3. The molecule has 1 fully saturated rings. The number of carbonyl (C=O) groups excluding carboxylic acids is 1. The molecular formula is C19H17FN4O6S. The topological polar surface area (TPSA) is 135 Å². The molecule has 0 bridgehead atoms. The summed E-state index contributed by atoms with van der Waals surface area (Å²) in [6, 6.07) is 9.09. The minimum absolute atomic E-state index is 0.0335. The van der Waals surface area contributed by atoms with Crippen LogP contribution in [0.5, 0.6) is 0 Å². The monoisotopic (exact) mass is 448 g/mol. The molecule has 0 aliphatic carbocycles. The van der Waals surface area contributed by atoms with Gasteiger partial charge in [0.2, 0.25) is 10.0 Å². The number of benzene rings is 2. The fourth-order valence-electron chi connectivity index (χ4n) is 3.32. The van der Waals surface area contributed by atoms with Crippen LogP contribution >= 0.6 is 0 Å². The molecule has 2 aromatic carbocycles. The van der Waals surface area contributed by atoms with E-state index < -0.39 is 31.6 Å². The normalized spacial score (nSPS) is 15.1. The number of rotatable bonds is 5. The highest BCUT2D eigenvalue weighted by Crippen LogP contribution is 2.27. The van der Waals surface area contributed by atoms with Gasteiger partial charge in [0.1, 0.15) is 21.9 Å². The van der Waals surface area contributed by atoms with Crippen molar-refractivity contribution < 1.29 is 27.3 Å². The first-order valence-electron chi connectivity index (χ1n) is 9.22. The smallest absolute Gasteiger partial charge is 0.293 e. The zero-order valence-corrected chi connectivity index (χ0v) is 16.8. The standard InChI is InChI=1S/C19H17FN4O6S/c20-14-5-4-13(11-17(14)31(28,29)23-6-8-30-9-7-23)21-19(25)15-10-12-2-1-3-16(24(26)27)18(12)22-15/h1-5,10-11,22H,6-9H2,(H,21,25). The van der Waals surface area contributed by atoms with E-state index in [-0.39, 0.29) is 48.9 Å². The van der Waals surface area contributed by atoms with Gasteiger partial charge in [-0.05, 0) is 24.3 Å². The maximum Gasteiger partial charge on any atom is 0.293 e. The van der Waals surface area contributed by atoms with Crippen LogP contribution < -0.4 is 5.32 Å². The maximum atomic E-state index is 14.3. The van der Waals surface area contributed by atoms with Crippen LogP contribution in [0.2, 0.25) is 0 Å². The number of anilines is 1. The average Bonchev–Trinajstić information content (AvgIpc) is 3.20. The Morgan fingerprint density at radius 3 is 2.65 bits per heavy atom. The van der Waals surface area contributed by atoms with E-state index in [0.717, 1.165) is 16.4 Å². The summed E-state index contributed by atoms with van der Waals surface area (Å²) in [5, 5.41) is 14.1. The first-order valence-corrected chi connectivity index (χ1v) is 10.7. The number of amides is 1. The number of carbonyl (C=O) groups is 1. The fourth-order valence-corrected chi connectivity index (χ4v) is 4.82. The van der Waals surface area contributed by atoms with Crippen molar-refractivity contribution in [1.29, 1.82) is 0 Å². The number of nitro groups is 1. The number of nitrogens with zero attached hydrogens (tertiary/aromatic N) is 2. The molecule has 0 radical (unpaired) electrons. The molecule has 0 saturated carbocycles. The molecular weight excluding hydrogens is 431 g/mol. The van der Waals surface area contributed by atoms with E-state index in [1.54, 1.807) is 6.07 Å². The van der Waals surface area contributed by atoms with E-state index in [1.807, 2.05) is 0 Å². The third kappa shape index (κ3) is 4.00. The fraction of sp³-hybridized carbons (Fsp3) is 0.211. The number of hydrogen-bond donors (Lipinski definition) is 2. The third-order valence-corrected chi connectivity index (χ3v) is 6.77. The lowest BCUT2D eigenvalue weighted by Gasteiger charge is -2.26. The number of hydrogen-bond acceptors (Lipinski definition) is 6. The van der Waals surface area contributed by atoms with Crippen LogP contribution in [-0.2, 0) is 14.8 Å². The molecule has 1 saturated heterocycles.